The summed E-state index contributed by atoms with van der Waals surface area (Å²) >= 11 is 0. The average molecular weight is 268 g/mol. The fourth-order valence-electron chi connectivity index (χ4n) is 2.32. The summed E-state index contributed by atoms with van der Waals surface area (Å²) in [5.74, 6) is -0.873. The SMILES string of the molecule is Cn1cc(CC(=O)O)c2c(-c3ccncc3)ncnc21. The molecule has 0 spiro atoms. The zero-order valence-electron chi connectivity index (χ0n) is 10.8. The first kappa shape index (κ1) is 12.3. The highest BCUT2D eigenvalue weighted by molar-refractivity contribution is 5.95. The third-order valence-electron chi connectivity index (χ3n) is 3.13. The Morgan fingerprint density at radius 2 is 2.05 bits per heavy atom. The molecule has 0 aliphatic rings. The number of carbonyl (C=O) groups is 1. The molecular formula is C14H12N4O2. The summed E-state index contributed by atoms with van der Waals surface area (Å²) in [6.45, 7) is 0. The number of aliphatic carboxylic acids is 1. The van der Waals surface area contributed by atoms with Crippen molar-refractivity contribution < 1.29 is 9.90 Å². The zero-order chi connectivity index (χ0) is 14.1. The van der Waals surface area contributed by atoms with E-state index in [9.17, 15) is 4.79 Å². The van der Waals surface area contributed by atoms with E-state index in [4.69, 9.17) is 5.11 Å². The summed E-state index contributed by atoms with van der Waals surface area (Å²) in [7, 11) is 1.84. The Kier molecular flexibility index (Phi) is 2.90. The van der Waals surface area contributed by atoms with E-state index in [1.165, 1.54) is 6.33 Å². The van der Waals surface area contributed by atoms with Crippen LogP contribution < -0.4 is 0 Å². The molecule has 1 N–H and O–H groups in total. The Bertz CT molecular complexity index is 780. The predicted molar refractivity (Wildman–Crippen MR) is 73.1 cm³/mol. The second-order valence-electron chi connectivity index (χ2n) is 4.49. The van der Waals surface area contributed by atoms with Gasteiger partial charge in [0.05, 0.1) is 12.1 Å². The van der Waals surface area contributed by atoms with Crippen LogP contribution in [0.4, 0.5) is 0 Å². The topological polar surface area (TPSA) is 80.9 Å². The molecule has 3 rings (SSSR count). The van der Waals surface area contributed by atoms with E-state index in [0.717, 1.165) is 22.3 Å². The van der Waals surface area contributed by atoms with E-state index in [-0.39, 0.29) is 6.42 Å². The molecule has 100 valence electrons. The van der Waals surface area contributed by atoms with Crippen LogP contribution in [0.3, 0.4) is 0 Å². The molecule has 0 radical (unpaired) electrons. The molecule has 6 nitrogen and oxygen atoms in total. The fraction of sp³-hybridized carbons (Fsp3) is 0.143. The molecule has 3 heterocycles. The van der Waals surface area contributed by atoms with Gasteiger partial charge in [0, 0.05) is 36.6 Å². The van der Waals surface area contributed by atoms with Crippen LogP contribution in [-0.4, -0.2) is 30.6 Å². The molecular weight excluding hydrogens is 256 g/mol. The van der Waals surface area contributed by atoms with Crippen LogP contribution in [0.2, 0.25) is 0 Å². The maximum atomic E-state index is 11.0. The van der Waals surface area contributed by atoms with Gasteiger partial charge in [-0.2, -0.15) is 0 Å². The van der Waals surface area contributed by atoms with Crippen LogP contribution in [0.1, 0.15) is 5.56 Å². The van der Waals surface area contributed by atoms with Gasteiger partial charge in [-0.1, -0.05) is 0 Å². The Balaban J connectivity index is 2.30. The molecule has 0 amide bonds. The van der Waals surface area contributed by atoms with E-state index in [2.05, 4.69) is 15.0 Å². The third-order valence-corrected chi connectivity index (χ3v) is 3.13. The second-order valence-corrected chi connectivity index (χ2v) is 4.49. The Morgan fingerprint density at radius 3 is 2.75 bits per heavy atom. The van der Waals surface area contributed by atoms with Gasteiger partial charge in [-0.15, -0.1) is 0 Å². The molecule has 3 aromatic heterocycles. The summed E-state index contributed by atoms with van der Waals surface area (Å²) in [6, 6.07) is 3.69. The van der Waals surface area contributed by atoms with Crippen molar-refractivity contribution in [3.63, 3.8) is 0 Å². The van der Waals surface area contributed by atoms with E-state index in [1.807, 2.05) is 23.7 Å². The van der Waals surface area contributed by atoms with Crippen LogP contribution in [0, 0.1) is 0 Å². The monoisotopic (exact) mass is 268 g/mol. The highest BCUT2D eigenvalue weighted by Crippen LogP contribution is 2.29. The first-order valence-corrected chi connectivity index (χ1v) is 6.08. The second kappa shape index (κ2) is 4.73. The number of rotatable bonds is 3. The number of hydrogen-bond acceptors (Lipinski definition) is 4. The van der Waals surface area contributed by atoms with Crippen molar-refractivity contribution in [3.05, 3.63) is 42.6 Å². The van der Waals surface area contributed by atoms with Gasteiger partial charge < -0.3 is 9.67 Å². The Morgan fingerprint density at radius 1 is 1.30 bits per heavy atom. The number of aromatic nitrogens is 4. The van der Waals surface area contributed by atoms with Crippen molar-refractivity contribution in [2.75, 3.05) is 0 Å². The number of carboxylic acids is 1. The first-order valence-electron chi connectivity index (χ1n) is 6.08. The van der Waals surface area contributed by atoms with Crippen molar-refractivity contribution >= 4 is 17.0 Å². The molecule has 0 saturated carbocycles. The van der Waals surface area contributed by atoms with Crippen molar-refractivity contribution in [1.82, 2.24) is 19.5 Å². The van der Waals surface area contributed by atoms with Gasteiger partial charge in [0.1, 0.15) is 12.0 Å². The summed E-state index contributed by atoms with van der Waals surface area (Å²) < 4.78 is 1.82. The van der Waals surface area contributed by atoms with Crippen LogP contribution in [0.25, 0.3) is 22.3 Å². The lowest BCUT2D eigenvalue weighted by Crippen LogP contribution is -2.00. The largest absolute Gasteiger partial charge is 0.481 e. The van der Waals surface area contributed by atoms with Gasteiger partial charge in [-0.25, -0.2) is 9.97 Å². The molecule has 0 aliphatic heterocycles. The lowest BCUT2D eigenvalue weighted by molar-refractivity contribution is -0.136. The smallest absolute Gasteiger partial charge is 0.307 e. The maximum absolute atomic E-state index is 11.0. The van der Waals surface area contributed by atoms with Gasteiger partial charge in [-0.05, 0) is 17.7 Å². The van der Waals surface area contributed by atoms with Crippen molar-refractivity contribution in [3.8, 4) is 11.3 Å². The van der Waals surface area contributed by atoms with Crippen LogP contribution >= 0.6 is 0 Å². The van der Waals surface area contributed by atoms with Crippen LogP contribution in [-0.2, 0) is 18.3 Å². The van der Waals surface area contributed by atoms with E-state index in [1.54, 1.807) is 18.6 Å². The molecule has 6 heteroatoms. The Labute approximate surface area is 114 Å². The quantitative estimate of drug-likeness (QED) is 0.781. The highest BCUT2D eigenvalue weighted by atomic mass is 16.4. The highest BCUT2D eigenvalue weighted by Gasteiger charge is 2.16. The molecule has 0 unspecified atom stereocenters. The summed E-state index contributed by atoms with van der Waals surface area (Å²) in [5, 5.41) is 9.82. The van der Waals surface area contributed by atoms with Gasteiger partial charge in [0.25, 0.3) is 0 Å². The summed E-state index contributed by atoms with van der Waals surface area (Å²) in [5.41, 5.74) is 3.06. The Hall–Kier alpha value is -2.76. The molecule has 0 saturated heterocycles. The zero-order valence-corrected chi connectivity index (χ0v) is 10.8. The number of pyridine rings is 1. The lowest BCUT2D eigenvalue weighted by atomic mass is 10.1. The lowest BCUT2D eigenvalue weighted by Gasteiger charge is -2.04. The predicted octanol–water partition coefficient (Wildman–Crippen LogP) is 1.66. The molecule has 3 aromatic rings. The van der Waals surface area contributed by atoms with E-state index >= 15 is 0 Å². The van der Waals surface area contributed by atoms with Crippen molar-refractivity contribution in [2.24, 2.45) is 7.05 Å². The number of fused-ring (bicyclic) bond motifs is 1. The fourth-order valence-corrected chi connectivity index (χ4v) is 2.32. The standard InChI is InChI=1S/C14H12N4O2/c1-18-7-10(6-11(19)20)12-13(16-8-17-14(12)18)9-2-4-15-5-3-9/h2-5,7-8H,6H2,1H3,(H,19,20). The minimum atomic E-state index is -0.873. The molecule has 0 fully saturated rings. The third kappa shape index (κ3) is 2.01. The van der Waals surface area contributed by atoms with Crippen molar-refractivity contribution in [1.29, 1.82) is 0 Å². The molecule has 20 heavy (non-hydrogen) atoms. The van der Waals surface area contributed by atoms with Gasteiger partial charge in [0.15, 0.2) is 0 Å². The van der Waals surface area contributed by atoms with Gasteiger partial charge in [-0.3, -0.25) is 9.78 Å². The maximum Gasteiger partial charge on any atom is 0.307 e. The van der Waals surface area contributed by atoms with Crippen molar-refractivity contribution in [2.45, 2.75) is 6.42 Å². The number of nitrogens with zero attached hydrogens (tertiary/aromatic N) is 4. The molecule has 0 bridgehead atoms. The van der Waals surface area contributed by atoms with Crippen LogP contribution in [0.5, 0.6) is 0 Å². The number of aryl methyl sites for hydroxylation is 1. The number of hydrogen-bond donors (Lipinski definition) is 1. The first-order chi connectivity index (χ1) is 9.66. The van der Waals surface area contributed by atoms with Gasteiger partial charge in [0.2, 0.25) is 0 Å². The molecule has 0 aromatic carbocycles. The average Bonchev–Trinajstić information content (AvgIpc) is 2.76. The summed E-state index contributed by atoms with van der Waals surface area (Å²) in [4.78, 5) is 23.5. The minimum Gasteiger partial charge on any atom is -0.481 e. The number of carboxylic acid groups (broad SMARTS) is 1. The van der Waals surface area contributed by atoms with Gasteiger partial charge >= 0.3 is 5.97 Å². The van der Waals surface area contributed by atoms with Crippen LogP contribution in [0.15, 0.2) is 37.1 Å². The minimum absolute atomic E-state index is 0.0528. The molecule has 0 atom stereocenters. The molecule has 0 aliphatic carbocycles. The van der Waals surface area contributed by atoms with E-state index in [0.29, 0.717) is 5.56 Å². The normalized spacial score (nSPS) is 10.8. The summed E-state index contributed by atoms with van der Waals surface area (Å²) in [6.07, 6.45) is 6.59. The van der Waals surface area contributed by atoms with E-state index < -0.39 is 5.97 Å².